The van der Waals surface area contributed by atoms with Crippen molar-refractivity contribution >= 4 is 15.8 Å². The number of carboxylic acid groups (broad SMARTS) is 1. The minimum atomic E-state index is -3.26. The summed E-state index contributed by atoms with van der Waals surface area (Å²) in [5.74, 6) is -1.13. The van der Waals surface area contributed by atoms with Crippen molar-refractivity contribution in [2.75, 3.05) is 5.75 Å². The van der Waals surface area contributed by atoms with Crippen LogP contribution in [-0.4, -0.2) is 25.2 Å². The van der Waals surface area contributed by atoms with Gasteiger partial charge in [-0.2, -0.15) is 0 Å². The summed E-state index contributed by atoms with van der Waals surface area (Å²) >= 11 is 0. The minimum absolute atomic E-state index is 0.0909. The molecule has 0 unspecified atom stereocenters. The molecule has 0 saturated carbocycles. The van der Waals surface area contributed by atoms with Crippen molar-refractivity contribution in [2.45, 2.75) is 64.5 Å². The summed E-state index contributed by atoms with van der Waals surface area (Å²) in [5, 5.41) is 9.21. The molecule has 0 radical (unpaired) electrons. The van der Waals surface area contributed by atoms with E-state index in [0.29, 0.717) is 12.0 Å². The monoisotopic (exact) mass is 340 g/mol. The van der Waals surface area contributed by atoms with E-state index in [4.69, 9.17) is 0 Å². The molecule has 0 atom stereocenters. The highest BCUT2D eigenvalue weighted by Gasteiger charge is 2.17. The number of rotatable bonds is 11. The zero-order chi connectivity index (χ0) is 17.3. The molecule has 1 aromatic rings. The summed E-state index contributed by atoms with van der Waals surface area (Å²) in [6.45, 7) is 3.96. The SMILES string of the molecule is CCCCCCCCCS(=O)(=O)Cc1ccc(C)cc1C(=O)O. The number of benzene rings is 1. The fraction of sp³-hybridized carbons (Fsp3) is 0.611. The first kappa shape index (κ1) is 19.7. The van der Waals surface area contributed by atoms with Crippen LogP contribution in [0.3, 0.4) is 0 Å². The topological polar surface area (TPSA) is 71.4 Å². The van der Waals surface area contributed by atoms with Crippen molar-refractivity contribution in [1.82, 2.24) is 0 Å². The van der Waals surface area contributed by atoms with Crippen LogP contribution in [0, 0.1) is 6.92 Å². The van der Waals surface area contributed by atoms with Crippen LogP contribution in [-0.2, 0) is 15.6 Å². The molecule has 130 valence electrons. The highest BCUT2D eigenvalue weighted by molar-refractivity contribution is 7.90. The van der Waals surface area contributed by atoms with Gasteiger partial charge in [-0.25, -0.2) is 13.2 Å². The number of aryl methyl sites for hydroxylation is 1. The summed E-state index contributed by atoms with van der Waals surface area (Å²) in [5.41, 5.74) is 1.29. The van der Waals surface area contributed by atoms with E-state index in [1.807, 2.05) is 0 Å². The fourth-order valence-corrected chi connectivity index (χ4v) is 4.12. The average molecular weight is 340 g/mol. The maximum atomic E-state index is 12.2. The number of hydrogen-bond acceptors (Lipinski definition) is 3. The zero-order valence-corrected chi connectivity index (χ0v) is 15.0. The van der Waals surface area contributed by atoms with E-state index in [0.717, 1.165) is 24.8 Å². The third-order valence-corrected chi connectivity index (χ3v) is 5.59. The van der Waals surface area contributed by atoms with Crippen molar-refractivity contribution in [3.63, 3.8) is 0 Å². The van der Waals surface area contributed by atoms with Crippen LogP contribution >= 0.6 is 0 Å². The second-order valence-electron chi connectivity index (χ2n) is 6.18. The number of aromatic carboxylic acids is 1. The zero-order valence-electron chi connectivity index (χ0n) is 14.2. The first-order valence-corrected chi connectivity index (χ1v) is 10.2. The third kappa shape index (κ3) is 7.64. The van der Waals surface area contributed by atoms with E-state index >= 15 is 0 Å². The first-order chi connectivity index (χ1) is 10.9. The molecule has 0 aromatic heterocycles. The van der Waals surface area contributed by atoms with Crippen LogP contribution < -0.4 is 0 Å². The van der Waals surface area contributed by atoms with Crippen molar-refractivity contribution < 1.29 is 18.3 Å². The summed E-state index contributed by atoms with van der Waals surface area (Å²) in [6, 6.07) is 4.90. The van der Waals surface area contributed by atoms with Gasteiger partial charge in [0.2, 0.25) is 0 Å². The third-order valence-electron chi connectivity index (χ3n) is 3.93. The number of hydrogen-bond donors (Lipinski definition) is 1. The Morgan fingerprint density at radius 3 is 2.26 bits per heavy atom. The second-order valence-corrected chi connectivity index (χ2v) is 8.36. The molecular weight excluding hydrogens is 312 g/mol. The Kier molecular flexibility index (Phi) is 8.31. The summed E-state index contributed by atoms with van der Waals surface area (Å²) in [7, 11) is -3.26. The van der Waals surface area contributed by atoms with E-state index < -0.39 is 15.8 Å². The summed E-state index contributed by atoms with van der Waals surface area (Å²) in [4.78, 5) is 11.3. The van der Waals surface area contributed by atoms with Gasteiger partial charge >= 0.3 is 5.97 Å². The normalized spacial score (nSPS) is 11.6. The van der Waals surface area contributed by atoms with Crippen LogP contribution in [0.25, 0.3) is 0 Å². The van der Waals surface area contributed by atoms with E-state index in [-0.39, 0.29) is 17.1 Å². The Morgan fingerprint density at radius 1 is 1.04 bits per heavy atom. The van der Waals surface area contributed by atoms with Crippen molar-refractivity contribution in [3.8, 4) is 0 Å². The van der Waals surface area contributed by atoms with Crippen LogP contribution in [0.5, 0.6) is 0 Å². The van der Waals surface area contributed by atoms with Gasteiger partial charge in [0.05, 0.1) is 17.1 Å². The molecule has 0 aliphatic rings. The quantitative estimate of drug-likeness (QED) is 0.608. The number of carboxylic acids is 1. The molecule has 23 heavy (non-hydrogen) atoms. The standard InChI is InChI=1S/C18H28O4S/c1-3-4-5-6-7-8-9-12-23(21,22)14-16-11-10-15(2)13-17(16)18(19)20/h10-11,13H,3-9,12,14H2,1-2H3,(H,19,20). The molecule has 0 bridgehead atoms. The molecule has 1 rings (SSSR count). The van der Waals surface area contributed by atoms with Gasteiger partial charge in [0.15, 0.2) is 9.84 Å². The van der Waals surface area contributed by atoms with Gasteiger partial charge in [-0.15, -0.1) is 0 Å². The average Bonchev–Trinajstić information content (AvgIpc) is 2.47. The Balaban J connectivity index is 2.51. The minimum Gasteiger partial charge on any atom is -0.478 e. The van der Waals surface area contributed by atoms with Gasteiger partial charge < -0.3 is 5.11 Å². The van der Waals surface area contributed by atoms with Crippen LogP contribution in [0.2, 0.25) is 0 Å². The molecule has 4 nitrogen and oxygen atoms in total. The smallest absolute Gasteiger partial charge is 0.336 e. The molecule has 0 amide bonds. The predicted octanol–water partition coefficient (Wildman–Crippen LogP) is 4.36. The molecule has 0 saturated heterocycles. The number of sulfone groups is 1. The van der Waals surface area contributed by atoms with Gasteiger partial charge in [-0.1, -0.05) is 63.1 Å². The lowest BCUT2D eigenvalue weighted by atomic mass is 10.1. The molecule has 1 aromatic carbocycles. The molecule has 0 heterocycles. The van der Waals surface area contributed by atoms with Gasteiger partial charge in [0, 0.05) is 0 Å². The predicted molar refractivity (Wildman–Crippen MR) is 93.6 cm³/mol. The highest BCUT2D eigenvalue weighted by Crippen LogP contribution is 2.17. The van der Waals surface area contributed by atoms with Gasteiger partial charge in [-0.05, 0) is 25.0 Å². The van der Waals surface area contributed by atoms with E-state index in [1.165, 1.54) is 25.3 Å². The van der Waals surface area contributed by atoms with Crippen molar-refractivity contribution in [3.05, 3.63) is 34.9 Å². The van der Waals surface area contributed by atoms with Gasteiger partial charge in [0.25, 0.3) is 0 Å². The lowest BCUT2D eigenvalue weighted by Crippen LogP contribution is -2.13. The highest BCUT2D eigenvalue weighted by atomic mass is 32.2. The Hall–Kier alpha value is -1.36. The van der Waals surface area contributed by atoms with Crippen LogP contribution in [0.1, 0.15) is 73.4 Å². The molecule has 0 spiro atoms. The maximum absolute atomic E-state index is 12.2. The van der Waals surface area contributed by atoms with E-state index in [1.54, 1.807) is 19.1 Å². The molecule has 0 aliphatic carbocycles. The molecule has 1 N–H and O–H groups in total. The Morgan fingerprint density at radius 2 is 1.65 bits per heavy atom. The lowest BCUT2D eigenvalue weighted by molar-refractivity contribution is 0.0696. The lowest BCUT2D eigenvalue weighted by Gasteiger charge is -2.08. The fourth-order valence-electron chi connectivity index (χ4n) is 2.60. The van der Waals surface area contributed by atoms with Gasteiger partial charge in [-0.3, -0.25) is 0 Å². The molecule has 0 fully saturated rings. The molecule has 5 heteroatoms. The maximum Gasteiger partial charge on any atom is 0.336 e. The van der Waals surface area contributed by atoms with E-state index in [9.17, 15) is 18.3 Å². The first-order valence-electron chi connectivity index (χ1n) is 8.39. The van der Waals surface area contributed by atoms with Crippen LogP contribution in [0.15, 0.2) is 18.2 Å². The number of carbonyl (C=O) groups is 1. The second kappa shape index (κ2) is 9.71. The summed E-state index contributed by atoms with van der Waals surface area (Å²) in [6.07, 6.45) is 7.47. The van der Waals surface area contributed by atoms with Crippen LogP contribution in [0.4, 0.5) is 0 Å². The Bertz CT molecular complexity index is 605. The molecular formula is C18H28O4S. The van der Waals surface area contributed by atoms with Gasteiger partial charge in [0.1, 0.15) is 0 Å². The largest absolute Gasteiger partial charge is 0.478 e. The summed E-state index contributed by atoms with van der Waals surface area (Å²) < 4.78 is 24.4. The van der Waals surface area contributed by atoms with E-state index in [2.05, 4.69) is 6.92 Å². The van der Waals surface area contributed by atoms with Crippen molar-refractivity contribution in [1.29, 1.82) is 0 Å². The Labute approximate surface area is 139 Å². The molecule has 0 aliphatic heterocycles. The number of unbranched alkanes of at least 4 members (excludes halogenated alkanes) is 6. The van der Waals surface area contributed by atoms with Crippen molar-refractivity contribution in [2.24, 2.45) is 0 Å².